The molecule has 1 fully saturated rings. The zero-order chi connectivity index (χ0) is 17.3. The lowest BCUT2D eigenvalue weighted by Crippen LogP contribution is -2.39. The van der Waals surface area contributed by atoms with Gasteiger partial charge in [-0.2, -0.15) is 0 Å². The standard InChI is InChI=1S/C17H17FN2O4/c18-10-3-6-12-13(8-15(21)20-14(12)7-10)16(22)19-11-4-1-9(2-5-11)17(23)24/h3,6-9,11H,1-2,4-5H2,(H,19,22)(H,20,21)(H,23,24). The summed E-state index contributed by atoms with van der Waals surface area (Å²) < 4.78 is 13.3. The fourth-order valence-electron chi connectivity index (χ4n) is 3.17. The fourth-order valence-corrected chi connectivity index (χ4v) is 3.17. The molecule has 0 bridgehead atoms. The van der Waals surface area contributed by atoms with Crippen molar-refractivity contribution >= 4 is 22.8 Å². The third kappa shape index (κ3) is 3.29. The molecule has 1 aliphatic carbocycles. The number of hydrogen-bond donors (Lipinski definition) is 3. The van der Waals surface area contributed by atoms with Gasteiger partial charge in [-0.15, -0.1) is 0 Å². The van der Waals surface area contributed by atoms with Crippen molar-refractivity contribution in [3.8, 4) is 0 Å². The zero-order valence-corrected chi connectivity index (χ0v) is 12.8. The molecule has 3 N–H and O–H groups in total. The molecule has 6 nitrogen and oxygen atoms in total. The summed E-state index contributed by atoms with van der Waals surface area (Å²) in [5.74, 6) is -2.07. The van der Waals surface area contributed by atoms with Gasteiger partial charge in [0.1, 0.15) is 5.82 Å². The Labute approximate surface area is 136 Å². The normalized spacial score (nSPS) is 20.7. The van der Waals surface area contributed by atoms with Gasteiger partial charge in [0.2, 0.25) is 5.56 Å². The molecule has 0 radical (unpaired) electrons. The average Bonchev–Trinajstić information content (AvgIpc) is 2.54. The minimum atomic E-state index is -0.803. The number of aromatic amines is 1. The molecule has 0 spiro atoms. The number of halogens is 1. The first kappa shape index (κ1) is 16.2. The number of pyridine rings is 1. The molecule has 3 rings (SSSR count). The van der Waals surface area contributed by atoms with E-state index in [1.54, 1.807) is 0 Å². The zero-order valence-electron chi connectivity index (χ0n) is 12.8. The van der Waals surface area contributed by atoms with Gasteiger partial charge in [-0.1, -0.05) is 0 Å². The van der Waals surface area contributed by atoms with Gasteiger partial charge in [-0.3, -0.25) is 14.4 Å². The Morgan fingerprint density at radius 2 is 1.88 bits per heavy atom. The first-order valence-electron chi connectivity index (χ1n) is 7.80. The molecule has 1 heterocycles. The SMILES string of the molecule is O=C(NC1CCC(C(=O)O)CC1)c1cc(=O)[nH]c2cc(F)ccc12. The van der Waals surface area contributed by atoms with Crippen LogP contribution in [0.2, 0.25) is 0 Å². The van der Waals surface area contributed by atoms with Gasteiger partial charge in [0.15, 0.2) is 0 Å². The van der Waals surface area contributed by atoms with E-state index in [-0.39, 0.29) is 23.0 Å². The topological polar surface area (TPSA) is 99.3 Å². The molecule has 1 aliphatic rings. The summed E-state index contributed by atoms with van der Waals surface area (Å²) in [6.07, 6.45) is 2.19. The first-order chi connectivity index (χ1) is 11.4. The lowest BCUT2D eigenvalue weighted by Gasteiger charge is -2.26. The van der Waals surface area contributed by atoms with Crippen molar-refractivity contribution in [2.45, 2.75) is 31.7 Å². The third-order valence-electron chi connectivity index (χ3n) is 4.46. The highest BCUT2D eigenvalue weighted by atomic mass is 19.1. The van der Waals surface area contributed by atoms with Gasteiger partial charge in [0.25, 0.3) is 5.91 Å². The van der Waals surface area contributed by atoms with E-state index < -0.39 is 23.3 Å². The highest BCUT2D eigenvalue weighted by Crippen LogP contribution is 2.25. The second kappa shape index (κ2) is 6.43. The van der Waals surface area contributed by atoms with Gasteiger partial charge in [0.05, 0.1) is 17.0 Å². The van der Waals surface area contributed by atoms with Crippen molar-refractivity contribution < 1.29 is 19.1 Å². The van der Waals surface area contributed by atoms with Gasteiger partial charge in [0, 0.05) is 17.5 Å². The summed E-state index contributed by atoms with van der Waals surface area (Å²) in [6.45, 7) is 0. The molecule has 0 unspecified atom stereocenters. The van der Waals surface area contributed by atoms with Crippen LogP contribution in [0.25, 0.3) is 10.9 Å². The molecule has 2 aromatic rings. The number of carbonyl (C=O) groups excluding carboxylic acids is 1. The summed E-state index contributed by atoms with van der Waals surface area (Å²) >= 11 is 0. The van der Waals surface area contributed by atoms with E-state index in [0.29, 0.717) is 31.1 Å². The molecular weight excluding hydrogens is 315 g/mol. The number of carbonyl (C=O) groups is 2. The highest BCUT2D eigenvalue weighted by Gasteiger charge is 2.27. The minimum Gasteiger partial charge on any atom is -0.481 e. The predicted octanol–water partition coefficient (Wildman–Crippen LogP) is 2.04. The first-order valence-corrected chi connectivity index (χ1v) is 7.80. The second-order valence-electron chi connectivity index (χ2n) is 6.10. The average molecular weight is 332 g/mol. The summed E-state index contributed by atoms with van der Waals surface area (Å²) in [5.41, 5.74) is -0.0239. The molecule has 0 aliphatic heterocycles. The lowest BCUT2D eigenvalue weighted by molar-refractivity contribution is -0.142. The quantitative estimate of drug-likeness (QED) is 0.801. The van der Waals surface area contributed by atoms with Crippen LogP contribution >= 0.6 is 0 Å². The predicted molar refractivity (Wildman–Crippen MR) is 85.4 cm³/mol. The third-order valence-corrected chi connectivity index (χ3v) is 4.46. The number of aromatic nitrogens is 1. The van der Waals surface area contributed by atoms with E-state index in [2.05, 4.69) is 10.3 Å². The van der Waals surface area contributed by atoms with E-state index in [9.17, 15) is 18.8 Å². The Bertz CT molecular complexity index is 853. The Morgan fingerprint density at radius 3 is 2.54 bits per heavy atom. The molecule has 1 aromatic heterocycles. The van der Waals surface area contributed by atoms with Crippen molar-refractivity contribution in [2.75, 3.05) is 0 Å². The van der Waals surface area contributed by atoms with Crippen molar-refractivity contribution in [1.82, 2.24) is 10.3 Å². The second-order valence-corrected chi connectivity index (χ2v) is 6.10. The number of fused-ring (bicyclic) bond motifs is 1. The Kier molecular flexibility index (Phi) is 4.33. The lowest BCUT2D eigenvalue weighted by atomic mass is 9.86. The van der Waals surface area contributed by atoms with E-state index in [1.807, 2.05) is 0 Å². The van der Waals surface area contributed by atoms with Gasteiger partial charge < -0.3 is 15.4 Å². The fraction of sp³-hybridized carbons (Fsp3) is 0.353. The van der Waals surface area contributed by atoms with Crippen LogP contribution in [0.1, 0.15) is 36.0 Å². The number of benzene rings is 1. The summed E-state index contributed by atoms with van der Waals surface area (Å²) in [7, 11) is 0. The summed E-state index contributed by atoms with van der Waals surface area (Å²) in [6, 6.07) is 4.93. The molecule has 7 heteroatoms. The van der Waals surface area contributed by atoms with Gasteiger partial charge in [-0.25, -0.2) is 4.39 Å². The highest BCUT2D eigenvalue weighted by molar-refractivity contribution is 6.06. The van der Waals surface area contributed by atoms with Gasteiger partial charge >= 0.3 is 5.97 Å². The number of aliphatic carboxylic acids is 1. The van der Waals surface area contributed by atoms with Crippen molar-refractivity contribution in [3.63, 3.8) is 0 Å². The van der Waals surface area contributed by atoms with Crippen molar-refractivity contribution in [1.29, 1.82) is 0 Å². The Balaban J connectivity index is 1.80. The van der Waals surface area contributed by atoms with Crippen molar-refractivity contribution in [2.24, 2.45) is 5.92 Å². The molecule has 24 heavy (non-hydrogen) atoms. The molecule has 1 saturated carbocycles. The van der Waals surface area contributed by atoms with Crippen molar-refractivity contribution in [3.05, 3.63) is 46.0 Å². The molecular formula is C17H17FN2O4. The van der Waals surface area contributed by atoms with Crippen LogP contribution < -0.4 is 10.9 Å². The summed E-state index contributed by atoms with van der Waals surface area (Å²) in [5, 5.41) is 12.3. The molecule has 0 saturated heterocycles. The number of rotatable bonds is 3. The number of carboxylic acids is 1. The van der Waals surface area contributed by atoms with E-state index in [0.717, 1.165) is 0 Å². The van der Waals surface area contributed by atoms with E-state index in [4.69, 9.17) is 5.11 Å². The molecule has 1 amide bonds. The van der Waals surface area contributed by atoms with Crippen LogP contribution in [0.4, 0.5) is 4.39 Å². The Hall–Kier alpha value is -2.70. The molecule has 1 aromatic carbocycles. The van der Waals surface area contributed by atoms with Crippen LogP contribution in [0.15, 0.2) is 29.1 Å². The van der Waals surface area contributed by atoms with Crippen LogP contribution in [-0.2, 0) is 4.79 Å². The van der Waals surface area contributed by atoms with E-state index in [1.165, 1.54) is 24.3 Å². The van der Waals surface area contributed by atoms with Crippen LogP contribution in [-0.4, -0.2) is 28.0 Å². The maximum absolute atomic E-state index is 13.3. The number of amides is 1. The summed E-state index contributed by atoms with van der Waals surface area (Å²) in [4.78, 5) is 37.7. The largest absolute Gasteiger partial charge is 0.481 e. The maximum Gasteiger partial charge on any atom is 0.306 e. The number of nitrogens with one attached hydrogen (secondary N) is 2. The number of carboxylic acid groups (broad SMARTS) is 1. The number of H-pyrrole nitrogens is 1. The van der Waals surface area contributed by atoms with Crippen LogP contribution in [0.3, 0.4) is 0 Å². The van der Waals surface area contributed by atoms with Gasteiger partial charge in [-0.05, 0) is 43.9 Å². The number of hydrogen-bond acceptors (Lipinski definition) is 3. The minimum absolute atomic E-state index is 0.122. The smallest absolute Gasteiger partial charge is 0.306 e. The Morgan fingerprint density at radius 1 is 1.17 bits per heavy atom. The van der Waals surface area contributed by atoms with Crippen LogP contribution in [0, 0.1) is 11.7 Å². The maximum atomic E-state index is 13.3. The molecule has 0 atom stereocenters. The monoisotopic (exact) mass is 332 g/mol. The molecule has 126 valence electrons. The van der Waals surface area contributed by atoms with Crippen LogP contribution in [0.5, 0.6) is 0 Å². The van der Waals surface area contributed by atoms with E-state index >= 15 is 0 Å².